The minimum atomic E-state index is 0.659. The van der Waals surface area contributed by atoms with Gasteiger partial charge in [-0.15, -0.1) is 0 Å². The van der Waals surface area contributed by atoms with Crippen molar-refractivity contribution in [3.63, 3.8) is 0 Å². The second kappa shape index (κ2) is 6.85. The fourth-order valence-corrected chi connectivity index (χ4v) is 3.94. The predicted octanol–water partition coefficient (Wildman–Crippen LogP) is 3.33. The van der Waals surface area contributed by atoms with E-state index in [1.165, 1.54) is 5.57 Å². The topological polar surface area (TPSA) is 108 Å². The van der Waals surface area contributed by atoms with Crippen molar-refractivity contribution >= 4 is 27.8 Å². The molecule has 146 valence electrons. The standard InChI is InChI=1S/C22H18N8/c1-6-23-7-2-13(1)15-11-17-19(29-30-20(17)26-12-15)22-27-18-16(5-10-25-21(18)28-22)14-3-8-24-9-4-14/h1,3-5,8-12,23H,2,6-7H2,(H,25,27,28)(H,26,29,30). The van der Waals surface area contributed by atoms with Gasteiger partial charge in [0.05, 0.1) is 10.9 Å². The van der Waals surface area contributed by atoms with Crippen LogP contribution >= 0.6 is 0 Å². The Morgan fingerprint density at radius 2 is 1.87 bits per heavy atom. The number of H-pyrrole nitrogens is 2. The highest BCUT2D eigenvalue weighted by Gasteiger charge is 2.17. The van der Waals surface area contributed by atoms with E-state index in [1.807, 2.05) is 24.4 Å². The fourth-order valence-electron chi connectivity index (χ4n) is 3.94. The number of nitrogens with one attached hydrogen (secondary N) is 3. The smallest absolute Gasteiger partial charge is 0.181 e. The Bertz CT molecular complexity index is 1400. The number of aromatic nitrogens is 7. The molecule has 8 nitrogen and oxygen atoms in total. The summed E-state index contributed by atoms with van der Waals surface area (Å²) in [6.07, 6.45) is 10.4. The SMILES string of the molecule is C1=C(c2cnc3n[nH]c(-c4nc5nccc(-c6ccncc6)c5[nH]4)c3c2)CCNC1. The van der Waals surface area contributed by atoms with E-state index in [0.717, 1.165) is 52.8 Å². The van der Waals surface area contributed by atoms with E-state index in [-0.39, 0.29) is 0 Å². The molecule has 5 aromatic rings. The van der Waals surface area contributed by atoms with E-state index in [9.17, 15) is 0 Å². The number of pyridine rings is 3. The molecule has 5 aromatic heterocycles. The van der Waals surface area contributed by atoms with Gasteiger partial charge in [-0.2, -0.15) is 5.10 Å². The number of fused-ring (bicyclic) bond motifs is 2. The van der Waals surface area contributed by atoms with Crippen LogP contribution in [-0.2, 0) is 0 Å². The van der Waals surface area contributed by atoms with E-state index in [2.05, 4.69) is 47.6 Å². The average Bonchev–Trinajstić information content (AvgIpc) is 3.43. The van der Waals surface area contributed by atoms with Crippen molar-refractivity contribution in [2.24, 2.45) is 0 Å². The van der Waals surface area contributed by atoms with Gasteiger partial charge in [0.1, 0.15) is 5.69 Å². The number of aromatic amines is 2. The Labute approximate surface area is 171 Å². The minimum absolute atomic E-state index is 0.659. The quantitative estimate of drug-likeness (QED) is 0.433. The molecule has 0 bridgehead atoms. The second-order valence-corrected chi connectivity index (χ2v) is 7.26. The molecule has 30 heavy (non-hydrogen) atoms. The van der Waals surface area contributed by atoms with E-state index in [1.54, 1.807) is 18.6 Å². The third-order valence-corrected chi connectivity index (χ3v) is 5.46. The van der Waals surface area contributed by atoms with Crippen molar-refractivity contribution in [2.75, 3.05) is 13.1 Å². The largest absolute Gasteiger partial charge is 0.335 e. The molecule has 8 heteroatoms. The molecule has 0 unspecified atom stereocenters. The molecule has 6 rings (SSSR count). The van der Waals surface area contributed by atoms with Gasteiger partial charge in [-0.3, -0.25) is 10.1 Å². The van der Waals surface area contributed by atoms with Crippen LogP contribution in [-0.4, -0.2) is 48.2 Å². The molecule has 3 N–H and O–H groups in total. The molecule has 0 amide bonds. The normalized spacial score (nSPS) is 14.3. The summed E-state index contributed by atoms with van der Waals surface area (Å²) in [6.45, 7) is 1.87. The molecule has 1 aliphatic heterocycles. The average molecular weight is 394 g/mol. The van der Waals surface area contributed by atoms with Crippen molar-refractivity contribution < 1.29 is 0 Å². The maximum atomic E-state index is 4.73. The van der Waals surface area contributed by atoms with Crippen molar-refractivity contribution in [1.29, 1.82) is 0 Å². The van der Waals surface area contributed by atoms with Gasteiger partial charge in [-0.25, -0.2) is 15.0 Å². The first-order chi connectivity index (χ1) is 14.9. The molecular weight excluding hydrogens is 376 g/mol. The number of rotatable bonds is 3. The molecule has 0 radical (unpaired) electrons. The summed E-state index contributed by atoms with van der Waals surface area (Å²) in [4.78, 5) is 21.3. The van der Waals surface area contributed by atoms with Gasteiger partial charge in [0, 0.05) is 36.9 Å². The lowest BCUT2D eigenvalue weighted by Gasteiger charge is -2.13. The van der Waals surface area contributed by atoms with Crippen LogP contribution in [0.15, 0.2) is 55.1 Å². The van der Waals surface area contributed by atoms with Crippen LogP contribution in [0.5, 0.6) is 0 Å². The highest BCUT2D eigenvalue weighted by molar-refractivity contribution is 5.95. The fraction of sp³-hybridized carbons (Fsp3) is 0.136. The number of hydrogen-bond acceptors (Lipinski definition) is 6. The highest BCUT2D eigenvalue weighted by Crippen LogP contribution is 2.31. The van der Waals surface area contributed by atoms with E-state index >= 15 is 0 Å². The maximum absolute atomic E-state index is 4.73. The van der Waals surface area contributed by atoms with Crippen LogP contribution in [0.2, 0.25) is 0 Å². The summed E-state index contributed by atoms with van der Waals surface area (Å²) in [5, 5.41) is 11.8. The third kappa shape index (κ3) is 2.77. The third-order valence-electron chi connectivity index (χ3n) is 5.46. The first-order valence-electron chi connectivity index (χ1n) is 9.86. The molecule has 0 spiro atoms. The zero-order valence-corrected chi connectivity index (χ0v) is 16.1. The zero-order chi connectivity index (χ0) is 19.9. The van der Waals surface area contributed by atoms with Crippen LogP contribution in [0, 0.1) is 0 Å². The van der Waals surface area contributed by atoms with Crippen LogP contribution in [0.3, 0.4) is 0 Å². The number of imidazole rings is 1. The van der Waals surface area contributed by atoms with Crippen LogP contribution in [0.25, 0.3) is 50.4 Å². The Morgan fingerprint density at radius 3 is 2.73 bits per heavy atom. The maximum Gasteiger partial charge on any atom is 0.181 e. The summed E-state index contributed by atoms with van der Waals surface area (Å²) >= 11 is 0. The lowest BCUT2D eigenvalue weighted by atomic mass is 10.0. The molecule has 0 aliphatic carbocycles. The minimum Gasteiger partial charge on any atom is -0.335 e. The summed E-state index contributed by atoms with van der Waals surface area (Å²) in [5.41, 5.74) is 7.55. The Kier molecular flexibility index (Phi) is 3.88. The van der Waals surface area contributed by atoms with Crippen molar-refractivity contribution in [3.05, 3.63) is 60.7 Å². The highest BCUT2D eigenvalue weighted by atomic mass is 15.2. The summed E-state index contributed by atoms with van der Waals surface area (Å²) < 4.78 is 0. The van der Waals surface area contributed by atoms with E-state index in [0.29, 0.717) is 17.1 Å². The van der Waals surface area contributed by atoms with Crippen LogP contribution < -0.4 is 5.32 Å². The molecule has 0 saturated carbocycles. The van der Waals surface area contributed by atoms with Crippen LogP contribution in [0.4, 0.5) is 0 Å². The zero-order valence-electron chi connectivity index (χ0n) is 16.1. The Hall–Kier alpha value is -3.91. The Morgan fingerprint density at radius 1 is 0.933 bits per heavy atom. The molecule has 1 aliphatic rings. The van der Waals surface area contributed by atoms with Gasteiger partial charge in [0.25, 0.3) is 0 Å². The van der Waals surface area contributed by atoms with Gasteiger partial charge in [-0.05, 0) is 53.9 Å². The van der Waals surface area contributed by atoms with Crippen molar-refractivity contribution in [2.45, 2.75) is 6.42 Å². The van der Waals surface area contributed by atoms with Crippen molar-refractivity contribution in [1.82, 2.24) is 40.4 Å². The monoisotopic (exact) mass is 394 g/mol. The van der Waals surface area contributed by atoms with Crippen LogP contribution in [0.1, 0.15) is 12.0 Å². The van der Waals surface area contributed by atoms with Gasteiger partial charge < -0.3 is 10.3 Å². The van der Waals surface area contributed by atoms with Gasteiger partial charge in [0.15, 0.2) is 17.1 Å². The van der Waals surface area contributed by atoms with E-state index in [4.69, 9.17) is 4.98 Å². The summed E-state index contributed by atoms with van der Waals surface area (Å²) in [6, 6.07) is 8.07. The van der Waals surface area contributed by atoms with E-state index < -0.39 is 0 Å². The lowest BCUT2D eigenvalue weighted by molar-refractivity contribution is 0.738. The molecule has 6 heterocycles. The molecular formula is C22H18N8. The number of hydrogen-bond donors (Lipinski definition) is 3. The predicted molar refractivity (Wildman–Crippen MR) is 115 cm³/mol. The first kappa shape index (κ1) is 17.0. The molecule has 0 aromatic carbocycles. The van der Waals surface area contributed by atoms with Gasteiger partial charge in [0.2, 0.25) is 0 Å². The molecule has 0 saturated heterocycles. The molecule has 0 fully saturated rings. The van der Waals surface area contributed by atoms with Gasteiger partial charge in [-0.1, -0.05) is 6.08 Å². The van der Waals surface area contributed by atoms with Crippen molar-refractivity contribution in [3.8, 4) is 22.6 Å². The Balaban J connectivity index is 1.50. The summed E-state index contributed by atoms with van der Waals surface area (Å²) in [7, 11) is 0. The second-order valence-electron chi connectivity index (χ2n) is 7.26. The summed E-state index contributed by atoms with van der Waals surface area (Å²) in [5.74, 6) is 0.694. The number of nitrogens with zero attached hydrogens (tertiary/aromatic N) is 5. The first-order valence-corrected chi connectivity index (χ1v) is 9.86. The lowest BCUT2D eigenvalue weighted by Crippen LogP contribution is -2.20. The van der Waals surface area contributed by atoms with Gasteiger partial charge >= 0.3 is 0 Å². The molecule has 0 atom stereocenters.